The lowest BCUT2D eigenvalue weighted by atomic mass is 10.2. The lowest BCUT2D eigenvalue weighted by molar-refractivity contribution is 0.0945. The SMILES string of the molecule is COc1ccc(Br)c(C(=O)NCc2nc(-c3cccn3C)no2)c1. The minimum atomic E-state index is -0.264. The average molecular weight is 391 g/mol. The molecule has 0 atom stereocenters. The summed E-state index contributed by atoms with van der Waals surface area (Å²) in [5.74, 6) is 1.15. The molecule has 7 nitrogen and oxygen atoms in total. The fraction of sp³-hybridized carbons (Fsp3) is 0.188. The Morgan fingerprint density at radius 2 is 2.25 bits per heavy atom. The summed E-state index contributed by atoms with van der Waals surface area (Å²) in [5, 5.41) is 6.68. The van der Waals surface area contributed by atoms with Crippen LogP contribution in [0.4, 0.5) is 0 Å². The number of nitrogens with zero attached hydrogens (tertiary/aromatic N) is 3. The van der Waals surface area contributed by atoms with Crippen LogP contribution in [0.3, 0.4) is 0 Å². The van der Waals surface area contributed by atoms with Crippen molar-refractivity contribution < 1.29 is 14.1 Å². The van der Waals surface area contributed by atoms with E-state index in [4.69, 9.17) is 9.26 Å². The molecule has 0 radical (unpaired) electrons. The second kappa shape index (κ2) is 6.88. The molecule has 1 amide bonds. The number of methoxy groups -OCH3 is 1. The van der Waals surface area contributed by atoms with E-state index >= 15 is 0 Å². The van der Waals surface area contributed by atoms with Crippen LogP contribution in [0.2, 0.25) is 0 Å². The predicted octanol–water partition coefficient (Wildman–Crippen LogP) is 2.78. The van der Waals surface area contributed by atoms with Crippen molar-refractivity contribution in [3.8, 4) is 17.3 Å². The fourth-order valence-corrected chi connectivity index (χ4v) is 2.61. The van der Waals surface area contributed by atoms with Gasteiger partial charge in [0.1, 0.15) is 5.75 Å². The summed E-state index contributed by atoms with van der Waals surface area (Å²) < 4.78 is 12.9. The van der Waals surface area contributed by atoms with Crippen LogP contribution in [0.15, 0.2) is 45.5 Å². The van der Waals surface area contributed by atoms with Crippen molar-refractivity contribution in [1.29, 1.82) is 0 Å². The number of nitrogens with one attached hydrogen (secondary N) is 1. The van der Waals surface area contributed by atoms with Crippen LogP contribution in [-0.2, 0) is 13.6 Å². The van der Waals surface area contributed by atoms with Gasteiger partial charge in [0.2, 0.25) is 11.7 Å². The monoisotopic (exact) mass is 390 g/mol. The normalized spacial score (nSPS) is 10.6. The van der Waals surface area contributed by atoms with Crippen molar-refractivity contribution in [3.05, 3.63) is 52.5 Å². The number of benzene rings is 1. The minimum Gasteiger partial charge on any atom is -0.497 e. The molecule has 0 aliphatic heterocycles. The molecule has 2 heterocycles. The third kappa shape index (κ3) is 3.33. The maximum Gasteiger partial charge on any atom is 0.252 e. The Morgan fingerprint density at radius 3 is 2.96 bits per heavy atom. The highest BCUT2D eigenvalue weighted by Gasteiger charge is 2.14. The van der Waals surface area contributed by atoms with Gasteiger partial charge in [0, 0.05) is 17.7 Å². The molecule has 3 aromatic rings. The first-order valence-electron chi connectivity index (χ1n) is 7.14. The Balaban J connectivity index is 1.69. The van der Waals surface area contributed by atoms with Crippen molar-refractivity contribution >= 4 is 21.8 Å². The molecule has 0 spiro atoms. The van der Waals surface area contributed by atoms with Crippen LogP contribution in [0.1, 0.15) is 16.2 Å². The molecule has 0 fully saturated rings. The van der Waals surface area contributed by atoms with Gasteiger partial charge in [-0.1, -0.05) is 5.16 Å². The van der Waals surface area contributed by atoms with Crippen LogP contribution in [0.25, 0.3) is 11.5 Å². The smallest absolute Gasteiger partial charge is 0.252 e. The molecule has 24 heavy (non-hydrogen) atoms. The third-order valence-electron chi connectivity index (χ3n) is 3.46. The van der Waals surface area contributed by atoms with E-state index in [-0.39, 0.29) is 12.5 Å². The number of aryl methyl sites for hydroxylation is 1. The van der Waals surface area contributed by atoms with Crippen LogP contribution in [-0.4, -0.2) is 27.7 Å². The number of carbonyl (C=O) groups excluding carboxylic acids is 1. The van der Waals surface area contributed by atoms with Crippen molar-refractivity contribution in [2.45, 2.75) is 6.54 Å². The van der Waals surface area contributed by atoms with Crippen molar-refractivity contribution in [2.75, 3.05) is 7.11 Å². The van der Waals surface area contributed by atoms with E-state index in [1.165, 1.54) is 0 Å². The fourth-order valence-electron chi connectivity index (χ4n) is 2.18. The minimum absolute atomic E-state index is 0.139. The topological polar surface area (TPSA) is 82.2 Å². The summed E-state index contributed by atoms with van der Waals surface area (Å²) in [6, 6.07) is 8.97. The van der Waals surface area contributed by atoms with Crippen LogP contribution < -0.4 is 10.1 Å². The van der Waals surface area contributed by atoms with Crippen LogP contribution in [0, 0.1) is 0 Å². The number of ether oxygens (including phenoxy) is 1. The lowest BCUT2D eigenvalue weighted by Crippen LogP contribution is -2.23. The molecule has 1 aromatic carbocycles. The quantitative estimate of drug-likeness (QED) is 0.723. The molecular formula is C16H15BrN4O3. The van der Waals surface area contributed by atoms with Gasteiger partial charge >= 0.3 is 0 Å². The highest BCUT2D eigenvalue weighted by molar-refractivity contribution is 9.10. The third-order valence-corrected chi connectivity index (χ3v) is 4.15. The molecule has 3 rings (SSSR count). The standard InChI is InChI=1S/C16H15BrN4O3/c1-21-7-3-4-13(21)15-19-14(24-20-15)9-18-16(22)11-8-10(23-2)5-6-12(11)17/h3-8H,9H2,1-2H3,(H,18,22). The molecule has 0 bridgehead atoms. The Morgan fingerprint density at radius 1 is 1.42 bits per heavy atom. The largest absolute Gasteiger partial charge is 0.497 e. The van der Waals surface area contributed by atoms with Crippen LogP contribution in [0.5, 0.6) is 5.75 Å². The Kier molecular flexibility index (Phi) is 4.66. The van der Waals surface area contributed by atoms with Gasteiger partial charge in [0.15, 0.2) is 0 Å². The molecule has 124 valence electrons. The van der Waals surface area contributed by atoms with E-state index in [2.05, 4.69) is 31.4 Å². The van der Waals surface area contributed by atoms with Gasteiger partial charge in [0.25, 0.3) is 5.91 Å². The number of aromatic nitrogens is 3. The second-order valence-corrected chi connectivity index (χ2v) is 5.90. The summed E-state index contributed by atoms with van der Waals surface area (Å²) in [6.45, 7) is 0.139. The van der Waals surface area contributed by atoms with E-state index in [9.17, 15) is 4.79 Å². The predicted molar refractivity (Wildman–Crippen MR) is 90.6 cm³/mol. The average Bonchev–Trinajstić information content (AvgIpc) is 3.21. The summed E-state index contributed by atoms with van der Waals surface area (Å²) in [6.07, 6.45) is 1.90. The zero-order valence-corrected chi connectivity index (χ0v) is 14.7. The van der Waals surface area contributed by atoms with Gasteiger partial charge in [-0.25, -0.2) is 0 Å². The first kappa shape index (κ1) is 16.3. The van der Waals surface area contributed by atoms with Gasteiger partial charge in [0.05, 0.1) is 24.9 Å². The van der Waals surface area contributed by atoms with Gasteiger partial charge in [-0.2, -0.15) is 4.98 Å². The number of amides is 1. The number of hydrogen-bond acceptors (Lipinski definition) is 5. The molecule has 0 unspecified atom stereocenters. The number of carbonyl (C=O) groups is 1. The highest BCUT2D eigenvalue weighted by Crippen LogP contribution is 2.22. The maximum atomic E-state index is 12.3. The van der Waals surface area contributed by atoms with E-state index in [0.29, 0.717) is 27.5 Å². The van der Waals surface area contributed by atoms with Gasteiger partial charge < -0.3 is 19.1 Å². The van der Waals surface area contributed by atoms with Crippen LogP contribution >= 0.6 is 15.9 Å². The summed E-state index contributed by atoms with van der Waals surface area (Å²) in [7, 11) is 3.45. The van der Waals surface area contributed by atoms with Gasteiger partial charge in [-0.3, -0.25) is 4.79 Å². The number of halogens is 1. The van der Waals surface area contributed by atoms with E-state index in [0.717, 1.165) is 5.69 Å². The zero-order chi connectivity index (χ0) is 17.1. The molecule has 0 saturated carbocycles. The number of rotatable bonds is 5. The first-order chi connectivity index (χ1) is 11.6. The first-order valence-corrected chi connectivity index (χ1v) is 7.94. The number of hydrogen-bond donors (Lipinski definition) is 1. The van der Waals surface area contributed by atoms with Crippen molar-refractivity contribution in [1.82, 2.24) is 20.0 Å². The summed E-state index contributed by atoms with van der Waals surface area (Å²) in [4.78, 5) is 16.6. The molecule has 8 heteroatoms. The molecular weight excluding hydrogens is 376 g/mol. The summed E-state index contributed by atoms with van der Waals surface area (Å²) >= 11 is 3.35. The van der Waals surface area contributed by atoms with E-state index < -0.39 is 0 Å². The van der Waals surface area contributed by atoms with Crippen molar-refractivity contribution in [3.63, 3.8) is 0 Å². The Hall–Kier alpha value is -2.61. The molecule has 2 aromatic heterocycles. The lowest BCUT2D eigenvalue weighted by Gasteiger charge is -2.07. The molecule has 0 saturated heterocycles. The zero-order valence-electron chi connectivity index (χ0n) is 13.1. The molecule has 0 aliphatic rings. The van der Waals surface area contributed by atoms with Gasteiger partial charge in [-0.15, -0.1) is 0 Å². The summed E-state index contributed by atoms with van der Waals surface area (Å²) in [5.41, 5.74) is 1.31. The second-order valence-electron chi connectivity index (χ2n) is 5.04. The Bertz CT molecular complexity index is 872. The molecule has 1 N–H and O–H groups in total. The van der Waals surface area contributed by atoms with Crippen molar-refractivity contribution in [2.24, 2.45) is 7.05 Å². The van der Waals surface area contributed by atoms with E-state index in [1.807, 2.05) is 29.9 Å². The van der Waals surface area contributed by atoms with Gasteiger partial charge in [-0.05, 0) is 46.3 Å². The highest BCUT2D eigenvalue weighted by atomic mass is 79.9. The Labute approximate surface area is 146 Å². The van der Waals surface area contributed by atoms with E-state index in [1.54, 1.807) is 25.3 Å². The molecule has 0 aliphatic carbocycles. The maximum absolute atomic E-state index is 12.3.